The van der Waals surface area contributed by atoms with E-state index in [2.05, 4.69) is 16.2 Å². The summed E-state index contributed by atoms with van der Waals surface area (Å²) in [6.07, 6.45) is -1.01. The van der Waals surface area contributed by atoms with Crippen LogP contribution in [0, 0.1) is 5.82 Å². The van der Waals surface area contributed by atoms with Crippen LogP contribution in [0.25, 0.3) is 0 Å². The molecule has 8 heteroatoms. The molecule has 7 nitrogen and oxygen atoms in total. The smallest absolute Gasteiger partial charge is 0.338 e. The maximum Gasteiger partial charge on any atom is 0.338 e. The van der Waals surface area contributed by atoms with Gasteiger partial charge >= 0.3 is 6.03 Å². The third-order valence-electron chi connectivity index (χ3n) is 3.16. The lowest BCUT2D eigenvalue weighted by Crippen LogP contribution is -2.48. The molecule has 2 rings (SSSR count). The Morgan fingerprint density at radius 3 is 2.32 bits per heavy atom. The van der Waals surface area contributed by atoms with Crippen molar-refractivity contribution in [1.29, 1.82) is 0 Å². The Bertz CT molecular complexity index is 754. The van der Waals surface area contributed by atoms with E-state index in [0.717, 1.165) is 0 Å². The largest absolute Gasteiger partial charge is 0.495 e. The van der Waals surface area contributed by atoms with Crippen molar-refractivity contribution in [3.05, 3.63) is 54.3 Å². The van der Waals surface area contributed by atoms with Crippen LogP contribution in [0.1, 0.15) is 6.92 Å². The molecule has 3 N–H and O–H groups in total. The topological polar surface area (TPSA) is 88.7 Å². The highest BCUT2D eigenvalue weighted by molar-refractivity contribution is 5.92. The van der Waals surface area contributed by atoms with Gasteiger partial charge in [0.1, 0.15) is 5.75 Å². The van der Waals surface area contributed by atoms with E-state index >= 15 is 0 Å². The molecule has 25 heavy (non-hydrogen) atoms. The molecule has 0 aliphatic rings. The molecule has 0 bridgehead atoms. The van der Waals surface area contributed by atoms with E-state index in [1.54, 1.807) is 30.3 Å². The van der Waals surface area contributed by atoms with Gasteiger partial charge in [0, 0.05) is 0 Å². The molecule has 0 radical (unpaired) electrons. The van der Waals surface area contributed by atoms with Crippen LogP contribution in [-0.2, 0) is 4.79 Å². The van der Waals surface area contributed by atoms with Crippen LogP contribution >= 0.6 is 0 Å². The van der Waals surface area contributed by atoms with Crippen LogP contribution in [0.4, 0.5) is 14.9 Å². The fraction of sp³-hybridized carbons (Fsp3) is 0.176. The zero-order valence-corrected chi connectivity index (χ0v) is 13.7. The van der Waals surface area contributed by atoms with Crippen molar-refractivity contribution < 1.29 is 23.5 Å². The van der Waals surface area contributed by atoms with Crippen LogP contribution in [0.2, 0.25) is 0 Å². The van der Waals surface area contributed by atoms with E-state index in [-0.39, 0.29) is 5.75 Å². The number of anilines is 1. The number of carbonyl (C=O) groups is 2. The van der Waals surface area contributed by atoms with Crippen LogP contribution in [0.5, 0.6) is 11.5 Å². The number of ether oxygens (including phenoxy) is 2. The van der Waals surface area contributed by atoms with Gasteiger partial charge in [-0.3, -0.25) is 10.2 Å². The first-order valence-electron chi connectivity index (χ1n) is 7.42. The Morgan fingerprint density at radius 2 is 1.64 bits per heavy atom. The number of benzene rings is 2. The van der Waals surface area contributed by atoms with E-state index in [1.807, 2.05) is 0 Å². The molecule has 0 aromatic heterocycles. The molecule has 0 unspecified atom stereocenters. The summed E-state index contributed by atoms with van der Waals surface area (Å²) in [5.74, 6) is -0.800. The molecule has 1 atom stereocenters. The van der Waals surface area contributed by atoms with Gasteiger partial charge in [-0.2, -0.15) is 0 Å². The highest BCUT2D eigenvalue weighted by Crippen LogP contribution is 2.22. The Hall–Kier alpha value is -3.29. The third kappa shape index (κ3) is 5.10. The number of halogens is 1. The number of urea groups is 1. The van der Waals surface area contributed by atoms with Crippen LogP contribution in [0.15, 0.2) is 48.5 Å². The summed E-state index contributed by atoms with van der Waals surface area (Å²) in [5.41, 5.74) is 4.81. The Balaban J connectivity index is 1.84. The number of nitrogens with one attached hydrogen (secondary N) is 3. The molecular formula is C17H18FN3O4. The summed E-state index contributed by atoms with van der Waals surface area (Å²) >= 11 is 0. The summed E-state index contributed by atoms with van der Waals surface area (Å²) in [6.45, 7) is 1.43. The second kappa shape index (κ2) is 8.53. The van der Waals surface area contributed by atoms with Crippen molar-refractivity contribution in [1.82, 2.24) is 10.9 Å². The highest BCUT2D eigenvalue weighted by atomic mass is 19.1. The molecule has 2 aromatic rings. The van der Waals surface area contributed by atoms with Gasteiger partial charge in [0.15, 0.2) is 17.7 Å². The lowest BCUT2D eigenvalue weighted by atomic mass is 10.3. The number of methoxy groups -OCH3 is 1. The molecule has 0 spiro atoms. The standard InChI is InChI=1S/C17H18FN3O4/c1-11(25-14-9-5-3-7-12(14)18)16(22)20-21-17(23)19-13-8-4-6-10-15(13)24-2/h3-11H,1-2H3,(H,20,22)(H2,19,21,23)/t11-/m0/s1. The predicted octanol–water partition coefficient (Wildman–Crippen LogP) is 2.45. The van der Waals surface area contributed by atoms with Crippen LogP contribution in [-0.4, -0.2) is 25.2 Å². The van der Waals surface area contributed by atoms with Gasteiger partial charge in [-0.25, -0.2) is 14.6 Å². The second-order valence-electron chi connectivity index (χ2n) is 4.96. The molecule has 0 saturated carbocycles. The molecule has 2 aromatic carbocycles. The molecule has 0 aliphatic heterocycles. The number of hydrogen-bond acceptors (Lipinski definition) is 4. The molecule has 0 heterocycles. The maximum atomic E-state index is 13.5. The summed E-state index contributed by atoms with van der Waals surface area (Å²) in [4.78, 5) is 23.7. The van der Waals surface area contributed by atoms with Gasteiger partial charge in [-0.15, -0.1) is 0 Å². The fourth-order valence-electron chi connectivity index (χ4n) is 1.91. The maximum absolute atomic E-state index is 13.5. The fourth-order valence-corrected chi connectivity index (χ4v) is 1.91. The molecule has 0 saturated heterocycles. The summed E-state index contributed by atoms with van der Waals surface area (Å²) in [5, 5.41) is 2.52. The SMILES string of the molecule is COc1ccccc1NC(=O)NNC(=O)[C@H](C)Oc1ccccc1F. The number of carbonyl (C=O) groups excluding carboxylic acids is 2. The van der Waals surface area contributed by atoms with Gasteiger partial charge in [-0.05, 0) is 31.2 Å². The average Bonchev–Trinajstić information content (AvgIpc) is 2.62. The Labute approximate surface area is 144 Å². The zero-order valence-electron chi connectivity index (χ0n) is 13.7. The molecule has 3 amide bonds. The number of amides is 3. The van der Waals surface area contributed by atoms with Crippen molar-refractivity contribution in [2.45, 2.75) is 13.0 Å². The Morgan fingerprint density at radius 1 is 1.00 bits per heavy atom. The average molecular weight is 347 g/mol. The monoisotopic (exact) mass is 347 g/mol. The molecule has 0 fully saturated rings. The zero-order chi connectivity index (χ0) is 18.2. The van der Waals surface area contributed by atoms with Gasteiger partial charge in [0.25, 0.3) is 5.91 Å². The predicted molar refractivity (Wildman–Crippen MR) is 89.8 cm³/mol. The second-order valence-corrected chi connectivity index (χ2v) is 4.96. The van der Waals surface area contributed by atoms with Crippen LogP contribution in [0.3, 0.4) is 0 Å². The van der Waals surface area contributed by atoms with E-state index in [9.17, 15) is 14.0 Å². The molecule has 0 aliphatic carbocycles. The minimum Gasteiger partial charge on any atom is -0.495 e. The van der Waals surface area contributed by atoms with Gasteiger partial charge in [0.05, 0.1) is 12.8 Å². The van der Waals surface area contributed by atoms with Crippen LogP contribution < -0.4 is 25.6 Å². The van der Waals surface area contributed by atoms with E-state index in [4.69, 9.17) is 9.47 Å². The number of hydrogen-bond donors (Lipinski definition) is 3. The lowest BCUT2D eigenvalue weighted by molar-refractivity contribution is -0.128. The van der Waals surface area contributed by atoms with Crippen molar-refractivity contribution in [3.63, 3.8) is 0 Å². The highest BCUT2D eigenvalue weighted by Gasteiger charge is 2.17. The first-order valence-corrected chi connectivity index (χ1v) is 7.42. The minimum atomic E-state index is -1.01. The lowest BCUT2D eigenvalue weighted by Gasteiger charge is -2.16. The molecular weight excluding hydrogens is 329 g/mol. The van der Waals surface area contributed by atoms with Crippen molar-refractivity contribution >= 4 is 17.6 Å². The third-order valence-corrected chi connectivity index (χ3v) is 3.16. The summed E-state index contributed by atoms with van der Waals surface area (Å²) in [7, 11) is 1.47. The quantitative estimate of drug-likeness (QED) is 0.725. The molecule has 132 valence electrons. The van der Waals surface area contributed by atoms with Gasteiger partial charge in [-0.1, -0.05) is 24.3 Å². The first kappa shape index (κ1) is 18.1. The number of para-hydroxylation sites is 3. The summed E-state index contributed by atoms with van der Waals surface area (Å²) in [6, 6.07) is 11.9. The Kier molecular flexibility index (Phi) is 6.16. The van der Waals surface area contributed by atoms with Crippen molar-refractivity contribution in [2.24, 2.45) is 0 Å². The van der Waals surface area contributed by atoms with E-state index in [0.29, 0.717) is 11.4 Å². The van der Waals surface area contributed by atoms with Crippen molar-refractivity contribution in [3.8, 4) is 11.5 Å². The number of rotatable bonds is 5. The number of hydrazine groups is 1. The summed E-state index contributed by atoms with van der Waals surface area (Å²) < 4.78 is 23.8. The van der Waals surface area contributed by atoms with Gasteiger partial charge in [0.2, 0.25) is 0 Å². The minimum absolute atomic E-state index is 0.0522. The normalized spacial score (nSPS) is 11.2. The van der Waals surface area contributed by atoms with E-state index in [1.165, 1.54) is 32.2 Å². The first-order chi connectivity index (χ1) is 12.0. The van der Waals surface area contributed by atoms with Gasteiger partial charge < -0.3 is 14.8 Å². The van der Waals surface area contributed by atoms with E-state index < -0.39 is 23.9 Å². The van der Waals surface area contributed by atoms with Crippen molar-refractivity contribution in [2.75, 3.05) is 12.4 Å².